The zero-order valence-electron chi connectivity index (χ0n) is 10.7. The lowest BCUT2D eigenvalue weighted by atomic mass is 10.2. The summed E-state index contributed by atoms with van der Waals surface area (Å²) >= 11 is 1.84. The Morgan fingerprint density at radius 2 is 2.06 bits per heavy atom. The first kappa shape index (κ1) is 15.3. The second kappa shape index (κ2) is 8.46. The van der Waals surface area contributed by atoms with Gasteiger partial charge in [-0.15, -0.1) is 0 Å². The molecule has 4 heteroatoms. The third-order valence-electron chi connectivity index (χ3n) is 2.62. The van der Waals surface area contributed by atoms with Crippen molar-refractivity contribution in [2.45, 2.75) is 38.9 Å². The normalized spacial score (nSPS) is 12.2. The third kappa shape index (κ3) is 6.73. The van der Waals surface area contributed by atoms with Crippen molar-refractivity contribution < 1.29 is 4.79 Å². The van der Waals surface area contributed by atoms with E-state index in [-0.39, 0.29) is 5.91 Å². The maximum absolute atomic E-state index is 11.6. The summed E-state index contributed by atoms with van der Waals surface area (Å²) < 4.78 is 0. The summed E-state index contributed by atoms with van der Waals surface area (Å²) in [5.41, 5.74) is 0. The largest absolute Gasteiger partial charge is 0.345 e. The number of nitrogens with zero attached hydrogens (tertiary/aromatic N) is 2. The number of rotatable bonds is 7. The summed E-state index contributed by atoms with van der Waals surface area (Å²) in [4.78, 5) is 13.2. The van der Waals surface area contributed by atoms with Crippen molar-refractivity contribution in [3.05, 3.63) is 0 Å². The summed E-state index contributed by atoms with van der Waals surface area (Å²) in [6.45, 7) is 7.12. The van der Waals surface area contributed by atoms with Gasteiger partial charge in [0.1, 0.15) is 0 Å². The van der Waals surface area contributed by atoms with Gasteiger partial charge in [0.15, 0.2) is 0 Å². The average Bonchev–Trinajstić information content (AvgIpc) is 2.25. The van der Waals surface area contributed by atoms with Crippen LogP contribution >= 0.6 is 11.8 Å². The van der Waals surface area contributed by atoms with Gasteiger partial charge in [-0.1, -0.05) is 20.8 Å². The quantitative estimate of drug-likeness (QED) is 0.689. The van der Waals surface area contributed by atoms with Crippen molar-refractivity contribution in [1.82, 2.24) is 4.90 Å². The van der Waals surface area contributed by atoms with Gasteiger partial charge in [0.25, 0.3) is 0 Å². The topological polar surface area (TPSA) is 44.1 Å². The highest BCUT2D eigenvalue weighted by atomic mass is 32.2. The molecule has 0 rings (SSSR count). The van der Waals surface area contributed by atoms with Gasteiger partial charge in [-0.25, -0.2) is 0 Å². The first-order valence-electron chi connectivity index (χ1n) is 5.71. The minimum Gasteiger partial charge on any atom is -0.345 e. The van der Waals surface area contributed by atoms with E-state index < -0.39 is 0 Å². The Hall–Kier alpha value is -0.690. The Labute approximate surface area is 103 Å². The van der Waals surface area contributed by atoms with Crippen LogP contribution in [0.2, 0.25) is 0 Å². The van der Waals surface area contributed by atoms with Crippen molar-refractivity contribution in [2.75, 3.05) is 19.3 Å². The fourth-order valence-electron chi connectivity index (χ4n) is 1.06. The van der Waals surface area contributed by atoms with E-state index in [4.69, 9.17) is 5.26 Å². The van der Waals surface area contributed by atoms with Crippen LogP contribution in [0.1, 0.15) is 33.6 Å². The Morgan fingerprint density at radius 3 is 2.56 bits per heavy atom. The van der Waals surface area contributed by atoms with Crippen molar-refractivity contribution >= 4 is 17.7 Å². The van der Waals surface area contributed by atoms with Gasteiger partial charge in [0.05, 0.1) is 12.5 Å². The monoisotopic (exact) mass is 242 g/mol. The fraction of sp³-hybridized carbons (Fsp3) is 0.833. The van der Waals surface area contributed by atoms with E-state index in [2.05, 4.69) is 20.8 Å². The first-order chi connectivity index (χ1) is 7.49. The maximum Gasteiger partial charge on any atom is 0.223 e. The van der Waals surface area contributed by atoms with E-state index >= 15 is 0 Å². The first-order valence-corrected chi connectivity index (χ1v) is 6.76. The molecule has 0 aromatic heterocycles. The van der Waals surface area contributed by atoms with Crippen molar-refractivity contribution in [2.24, 2.45) is 5.92 Å². The van der Waals surface area contributed by atoms with Crippen LogP contribution in [0.4, 0.5) is 0 Å². The molecule has 0 N–H and O–H groups in total. The maximum atomic E-state index is 11.6. The van der Waals surface area contributed by atoms with E-state index in [1.165, 1.54) is 0 Å². The smallest absolute Gasteiger partial charge is 0.223 e. The molecule has 0 saturated carbocycles. The van der Waals surface area contributed by atoms with Crippen LogP contribution in [0, 0.1) is 17.2 Å². The molecule has 0 heterocycles. The predicted octanol–water partition coefficient (Wildman–Crippen LogP) is 2.53. The number of carbonyl (C=O) groups is 1. The van der Waals surface area contributed by atoms with E-state index in [1.54, 1.807) is 11.9 Å². The van der Waals surface area contributed by atoms with Gasteiger partial charge in [-0.2, -0.15) is 17.0 Å². The van der Waals surface area contributed by atoms with Gasteiger partial charge in [0.2, 0.25) is 5.91 Å². The highest BCUT2D eigenvalue weighted by Gasteiger charge is 2.11. The molecule has 1 atom stereocenters. The summed E-state index contributed by atoms with van der Waals surface area (Å²) in [5.74, 6) is 1.66. The molecule has 0 spiro atoms. The molecule has 16 heavy (non-hydrogen) atoms. The molecule has 1 unspecified atom stereocenters. The fourth-order valence-corrected chi connectivity index (χ4v) is 2.11. The average molecular weight is 242 g/mol. The molecular formula is C12H22N2OS. The molecular weight excluding hydrogens is 220 g/mol. The van der Waals surface area contributed by atoms with Gasteiger partial charge < -0.3 is 4.90 Å². The molecule has 0 saturated heterocycles. The molecule has 92 valence electrons. The number of amides is 1. The van der Waals surface area contributed by atoms with Crippen LogP contribution in [0.3, 0.4) is 0 Å². The Bertz CT molecular complexity index is 248. The van der Waals surface area contributed by atoms with Crippen LogP contribution in [0.15, 0.2) is 0 Å². The lowest BCUT2D eigenvalue weighted by Crippen LogP contribution is -2.28. The zero-order chi connectivity index (χ0) is 12.6. The lowest BCUT2D eigenvalue weighted by molar-refractivity contribution is -0.129. The summed E-state index contributed by atoms with van der Waals surface area (Å²) in [6.07, 6.45) is 0.988. The van der Waals surface area contributed by atoms with E-state index in [0.29, 0.717) is 30.6 Å². The molecule has 0 aliphatic carbocycles. The van der Waals surface area contributed by atoms with Crippen LogP contribution in [0.25, 0.3) is 0 Å². The van der Waals surface area contributed by atoms with Gasteiger partial charge >= 0.3 is 0 Å². The van der Waals surface area contributed by atoms with Crippen molar-refractivity contribution in [1.29, 1.82) is 5.26 Å². The summed E-state index contributed by atoms with van der Waals surface area (Å²) in [7, 11) is 1.76. The zero-order valence-corrected chi connectivity index (χ0v) is 11.5. The number of hydrogen-bond acceptors (Lipinski definition) is 3. The number of nitriles is 1. The number of hydrogen-bond donors (Lipinski definition) is 0. The molecule has 0 aliphatic rings. The minimum atomic E-state index is 0.138. The Morgan fingerprint density at radius 1 is 1.44 bits per heavy atom. The number of thioether (sulfide) groups is 1. The van der Waals surface area contributed by atoms with E-state index in [0.717, 1.165) is 5.75 Å². The summed E-state index contributed by atoms with van der Waals surface area (Å²) in [5, 5.41) is 9.01. The lowest BCUT2D eigenvalue weighted by Gasteiger charge is -2.17. The third-order valence-corrected chi connectivity index (χ3v) is 4.13. The molecule has 0 bridgehead atoms. The SMILES string of the molecule is CC(C)C(C)SCCC(=O)N(C)CCC#N. The molecule has 0 radical (unpaired) electrons. The molecule has 1 amide bonds. The van der Waals surface area contributed by atoms with Crippen molar-refractivity contribution in [3.8, 4) is 6.07 Å². The van der Waals surface area contributed by atoms with E-state index in [1.807, 2.05) is 17.8 Å². The molecule has 3 nitrogen and oxygen atoms in total. The molecule has 0 aliphatic heterocycles. The number of carbonyl (C=O) groups excluding carboxylic acids is 1. The predicted molar refractivity (Wildman–Crippen MR) is 69.2 cm³/mol. The van der Waals surface area contributed by atoms with Crippen LogP contribution in [-0.2, 0) is 4.79 Å². The highest BCUT2D eigenvalue weighted by Crippen LogP contribution is 2.19. The van der Waals surface area contributed by atoms with Gasteiger partial charge in [-0.05, 0) is 5.92 Å². The van der Waals surface area contributed by atoms with E-state index in [9.17, 15) is 4.79 Å². The van der Waals surface area contributed by atoms with Gasteiger partial charge in [-0.3, -0.25) is 4.79 Å². The molecule has 0 fully saturated rings. The highest BCUT2D eigenvalue weighted by molar-refractivity contribution is 7.99. The Kier molecular flexibility index (Phi) is 8.10. The van der Waals surface area contributed by atoms with Crippen molar-refractivity contribution in [3.63, 3.8) is 0 Å². The van der Waals surface area contributed by atoms with Crippen LogP contribution in [-0.4, -0.2) is 35.4 Å². The second-order valence-electron chi connectivity index (χ2n) is 4.29. The molecule has 0 aromatic carbocycles. The van der Waals surface area contributed by atoms with Crippen LogP contribution < -0.4 is 0 Å². The summed E-state index contributed by atoms with van der Waals surface area (Å²) in [6, 6.07) is 2.04. The Balaban J connectivity index is 3.69. The van der Waals surface area contributed by atoms with Crippen LogP contribution in [0.5, 0.6) is 0 Å². The van der Waals surface area contributed by atoms with Gasteiger partial charge in [0, 0.05) is 31.0 Å². The standard InChI is InChI=1S/C12H22N2OS/c1-10(2)11(3)16-9-6-12(15)14(4)8-5-7-13/h10-11H,5-6,8-9H2,1-4H3. The second-order valence-corrected chi connectivity index (χ2v) is 5.78. The minimum absolute atomic E-state index is 0.138. The molecule has 0 aromatic rings.